The predicted molar refractivity (Wildman–Crippen MR) is 81.0 cm³/mol. The van der Waals surface area contributed by atoms with E-state index in [4.69, 9.17) is 9.84 Å². The molecule has 0 fully saturated rings. The van der Waals surface area contributed by atoms with Gasteiger partial charge in [-0.05, 0) is 32.4 Å². The zero-order valence-electron chi connectivity index (χ0n) is 12.7. The van der Waals surface area contributed by atoms with E-state index in [1.165, 1.54) is 0 Å². The van der Waals surface area contributed by atoms with Gasteiger partial charge >= 0.3 is 12.0 Å². The Labute approximate surface area is 128 Å². The third kappa shape index (κ3) is 6.92. The molecule has 0 heterocycles. The molecule has 0 saturated carbocycles. The molecule has 0 aliphatic heterocycles. The largest absolute Gasteiger partial charge is 0.491 e. The number of carboxylic acids is 1. The van der Waals surface area contributed by atoms with Gasteiger partial charge in [-0.25, -0.2) is 9.18 Å². The Bertz CT molecular complexity index is 520. The molecule has 7 heteroatoms. The van der Waals surface area contributed by atoms with Crippen LogP contribution in [0.5, 0.6) is 5.75 Å². The van der Waals surface area contributed by atoms with Gasteiger partial charge < -0.3 is 20.5 Å². The molecule has 0 aliphatic rings. The van der Waals surface area contributed by atoms with Crippen LogP contribution in [0.4, 0.5) is 14.9 Å². The molecule has 0 aliphatic carbocycles. The summed E-state index contributed by atoms with van der Waals surface area (Å²) in [6.45, 7) is 2.86. The van der Waals surface area contributed by atoms with E-state index in [1.807, 2.05) is 0 Å². The second kappa shape index (κ2) is 8.21. The fourth-order valence-corrected chi connectivity index (χ4v) is 1.77. The maximum atomic E-state index is 12.1. The molecule has 1 aromatic carbocycles. The number of amides is 2. The summed E-state index contributed by atoms with van der Waals surface area (Å²) >= 11 is 0. The summed E-state index contributed by atoms with van der Waals surface area (Å²) in [6, 6.07) is 6.15. The Morgan fingerprint density at radius 1 is 1.36 bits per heavy atom. The van der Waals surface area contributed by atoms with E-state index in [0.29, 0.717) is 17.9 Å². The molecule has 6 nitrogen and oxygen atoms in total. The third-order valence-electron chi connectivity index (χ3n) is 2.85. The maximum Gasteiger partial charge on any atom is 0.319 e. The van der Waals surface area contributed by atoms with Crippen LogP contribution in [0.2, 0.25) is 0 Å². The SMILES string of the molecule is CC(C)(CCC(=O)O)NC(=O)Nc1cccc(OCCF)c1. The number of carbonyl (C=O) groups excluding carboxylic acids is 1. The highest BCUT2D eigenvalue weighted by Crippen LogP contribution is 2.18. The number of anilines is 1. The number of nitrogens with one attached hydrogen (secondary N) is 2. The van der Waals surface area contributed by atoms with Crippen molar-refractivity contribution in [2.75, 3.05) is 18.6 Å². The molecule has 0 aromatic heterocycles. The average Bonchev–Trinajstić information content (AvgIpc) is 2.43. The molecular formula is C15H21FN2O4. The van der Waals surface area contributed by atoms with Gasteiger partial charge in [-0.2, -0.15) is 0 Å². The van der Waals surface area contributed by atoms with Crippen molar-refractivity contribution in [2.45, 2.75) is 32.2 Å². The van der Waals surface area contributed by atoms with E-state index in [2.05, 4.69) is 10.6 Å². The summed E-state index contributed by atoms with van der Waals surface area (Å²) in [7, 11) is 0. The summed E-state index contributed by atoms with van der Waals surface area (Å²) in [6.07, 6.45) is 0.287. The first-order valence-corrected chi connectivity index (χ1v) is 6.92. The zero-order valence-corrected chi connectivity index (χ0v) is 12.7. The summed E-state index contributed by atoms with van der Waals surface area (Å²) in [5.74, 6) is -0.450. The standard InChI is InChI=1S/C15H21FN2O4/c1-15(2,7-6-13(19)20)18-14(21)17-11-4-3-5-12(10-11)22-9-8-16/h3-5,10H,6-9H2,1-2H3,(H,19,20)(H2,17,18,21). The fourth-order valence-electron chi connectivity index (χ4n) is 1.77. The molecule has 22 heavy (non-hydrogen) atoms. The van der Waals surface area contributed by atoms with Gasteiger partial charge in [-0.3, -0.25) is 4.79 Å². The van der Waals surface area contributed by atoms with Crippen molar-refractivity contribution in [3.8, 4) is 5.75 Å². The van der Waals surface area contributed by atoms with Crippen molar-refractivity contribution in [2.24, 2.45) is 0 Å². The third-order valence-corrected chi connectivity index (χ3v) is 2.85. The molecule has 2 amide bonds. The number of hydrogen-bond donors (Lipinski definition) is 3. The van der Waals surface area contributed by atoms with Crippen LogP contribution < -0.4 is 15.4 Å². The van der Waals surface area contributed by atoms with Gasteiger partial charge in [-0.15, -0.1) is 0 Å². The van der Waals surface area contributed by atoms with Crippen molar-refractivity contribution >= 4 is 17.7 Å². The Hall–Kier alpha value is -2.31. The summed E-state index contributed by atoms with van der Waals surface area (Å²) in [5.41, 5.74) is -0.145. The normalized spacial score (nSPS) is 10.9. The molecule has 122 valence electrons. The lowest BCUT2D eigenvalue weighted by Crippen LogP contribution is -2.45. The van der Waals surface area contributed by atoms with E-state index in [-0.39, 0.29) is 13.0 Å². The topological polar surface area (TPSA) is 87.7 Å². The predicted octanol–water partition coefficient (Wildman–Crippen LogP) is 2.80. The first kappa shape index (κ1) is 17.7. The van der Waals surface area contributed by atoms with Crippen LogP contribution in [0.15, 0.2) is 24.3 Å². The monoisotopic (exact) mass is 312 g/mol. The number of hydrogen-bond acceptors (Lipinski definition) is 3. The smallest absolute Gasteiger partial charge is 0.319 e. The molecule has 0 atom stereocenters. The lowest BCUT2D eigenvalue weighted by molar-refractivity contribution is -0.137. The molecule has 3 N–H and O–H groups in total. The minimum absolute atomic E-state index is 0.0279. The molecular weight excluding hydrogens is 291 g/mol. The van der Waals surface area contributed by atoms with Gasteiger partial charge in [0, 0.05) is 23.7 Å². The number of benzene rings is 1. The first-order chi connectivity index (χ1) is 10.3. The highest BCUT2D eigenvalue weighted by molar-refractivity contribution is 5.89. The van der Waals surface area contributed by atoms with Crippen molar-refractivity contribution < 1.29 is 23.8 Å². The van der Waals surface area contributed by atoms with Gasteiger partial charge in [0.25, 0.3) is 0 Å². The van der Waals surface area contributed by atoms with Crippen LogP contribution in [-0.4, -0.2) is 35.9 Å². The first-order valence-electron chi connectivity index (χ1n) is 6.92. The Morgan fingerprint density at radius 2 is 2.09 bits per heavy atom. The number of halogens is 1. The van der Waals surface area contributed by atoms with E-state index < -0.39 is 24.2 Å². The molecule has 0 unspecified atom stereocenters. The van der Waals surface area contributed by atoms with E-state index >= 15 is 0 Å². The Morgan fingerprint density at radius 3 is 2.73 bits per heavy atom. The van der Waals surface area contributed by atoms with Crippen LogP contribution >= 0.6 is 0 Å². The zero-order chi connectivity index (χ0) is 16.6. The Kier molecular flexibility index (Phi) is 6.62. The number of urea groups is 1. The second-order valence-corrected chi connectivity index (χ2v) is 5.42. The van der Waals surface area contributed by atoms with Crippen molar-refractivity contribution in [1.29, 1.82) is 0 Å². The van der Waals surface area contributed by atoms with Gasteiger partial charge in [0.05, 0.1) is 0 Å². The number of carbonyl (C=O) groups is 2. The summed E-state index contributed by atoms with van der Waals surface area (Å²) < 4.78 is 17.2. The number of aliphatic carboxylic acids is 1. The number of alkyl halides is 1. The lowest BCUT2D eigenvalue weighted by Gasteiger charge is -2.25. The second-order valence-electron chi connectivity index (χ2n) is 5.42. The lowest BCUT2D eigenvalue weighted by atomic mass is 9.99. The minimum atomic E-state index is -0.909. The van der Waals surface area contributed by atoms with E-state index in [0.717, 1.165) is 0 Å². The van der Waals surface area contributed by atoms with Gasteiger partial charge in [-0.1, -0.05) is 6.07 Å². The van der Waals surface area contributed by atoms with Crippen LogP contribution in [0.1, 0.15) is 26.7 Å². The van der Waals surface area contributed by atoms with Gasteiger partial charge in [0.2, 0.25) is 0 Å². The van der Waals surface area contributed by atoms with Crippen molar-refractivity contribution in [3.05, 3.63) is 24.3 Å². The van der Waals surface area contributed by atoms with Crippen LogP contribution in [-0.2, 0) is 4.79 Å². The maximum absolute atomic E-state index is 12.1. The highest BCUT2D eigenvalue weighted by atomic mass is 19.1. The average molecular weight is 312 g/mol. The molecule has 0 saturated heterocycles. The molecule has 1 rings (SSSR count). The number of rotatable bonds is 8. The Balaban J connectivity index is 2.55. The molecule has 0 radical (unpaired) electrons. The van der Waals surface area contributed by atoms with Crippen LogP contribution in [0.25, 0.3) is 0 Å². The summed E-state index contributed by atoms with van der Waals surface area (Å²) in [4.78, 5) is 22.5. The molecule has 0 bridgehead atoms. The van der Waals surface area contributed by atoms with Crippen LogP contribution in [0.3, 0.4) is 0 Å². The fraction of sp³-hybridized carbons (Fsp3) is 0.467. The number of carboxylic acid groups (broad SMARTS) is 1. The van der Waals surface area contributed by atoms with Gasteiger partial charge in [0.15, 0.2) is 0 Å². The van der Waals surface area contributed by atoms with Crippen LogP contribution in [0, 0.1) is 0 Å². The summed E-state index contributed by atoms with van der Waals surface area (Å²) in [5, 5.41) is 14.0. The van der Waals surface area contributed by atoms with E-state index in [9.17, 15) is 14.0 Å². The minimum Gasteiger partial charge on any atom is -0.491 e. The van der Waals surface area contributed by atoms with Crippen molar-refractivity contribution in [1.82, 2.24) is 5.32 Å². The van der Waals surface area contributed by atoms with Gasteiger partial charge in [0.1, 0.15) is 19.0 Å². The quantitative estimate of drug-likeness (QED) is 0.689. The molecule has 1 aromatic rings. The highest BCUT2D eigenvalue weighted by Gasteiger charge is 2.21. The number of ether oxygens (including phenoxy) is 1. The van der Waals surface area contributed by atoms with E-state index in [1.54, 1.807) is 38.1 Å². The van der Waals surface area contributed by atoms with Crippen molar-refractivity contribution in [3.63, 3.8) is 0 Å². The molecule has 0 spiro atoms.